The van der Waals surface area contributed by atoms with Crippen molar-refractivity contribution in [3.05, 3.63) is 72.0 Å². The van der Waals surface area contributed by atoms with Crippen LogP contribution in [0, 0.1) is 6.92 Å². The van der Waals surface area contributed by atoms with Crippen LogP contribution in [0.5, 0.6) is 0 Å². The first-order valence-corrected chi connectivity index (χ1v) is 10.3. The number of nitrogens with one attached hydrogen (secondary N) is 1. The number of esters is 1. The summed E-state index contributed by atoms with van der Waals surface area (Å²) >= 11 is 0. The third-order valence-corrected chi connectivity index (χ3v) is 5.86. The highest BCUT2D eigenvalue weighted by Crippen LogP contribution is 2.22. The van der Waals surface area contributed by atoms with Gasteiger partial charge in [0.05, 0.1) is 16.1 Å². The van der Waals surface area contributed by atoms with Crippen LogP contribution in [0.1, 0.15) is 16.1 Å². The van der Waals surface area contributed by atoms with E-state index < -0.39 is 28.5 Å². The summed E-state index contributed by atoms with van der Waals surface area (Å²) in [4.78, 5) is 24.1. The van der Waals surface area contributed by atoms with E-state index >= 15 is 0 Å². The number of hydrogen-bond donors (Lipinski definition) is 1. The fraction of sp³-hybridized carbons (Fsp3) is 0.150. The van der Waals surface area contributed by atoms with Gasteiger partial charge in [-0.25, -0.2) is 13.2 Å². The van der Waals surface area contributed by atoms with Crippen molar-refractivity contribution in [1.29, 1.82) is 0 Å². The van der Waals surface area contributed by atoms with E-state index in [1.165, 1.54) is 37.4 Å². The van der Waals surface area contributed by atoms with Crippen LogP contribution in [0.2, 0.25) is 0 Å². The molecule has 0 saturated carbocycles. The maximum atomic E-state index is 12.9. The lowest BCUT2D eigenvalue weighted by Crippen LogP contribution is -2.26. The van der Waals surface area contributed by atoms with Crippen molar-refractivity contribution in [2.45, 2.75) is 11.8 Å². The monoisotopic (exact) mass is 429 g/mol. The number of sulfonamides is 1. The van der Waals surface area contributed by atoms with Gasteiger partial charge in [0.15, 0.2) is 12.4 Å². The zero-order valence-electron chi connectivity index (χ0n) is 16.2. The molecule has 0 unspecified atom stereocenters. The summed E-state index contributed by atoms with van der Waals surface area (Å²) in [5.41, 5.74) is 0.480. The van der Waals surface area contributed by atoms with Crippen LogP contribution in [0.15, 0.2) is 70.1 Å². The van der Waals surface area contributed by atoms with Crippen molar-refractivity contribution in [1.82, 2.24) is 5.16 Å². The van der Waals surface area contributed by atoms with E-state index in [0.29, 0.717) is 11.4 Å². The van der Waals surface area contributed by atoms with Crippen molar-refractivity contribution in [3.8, 4) is 0 Å². The zero-order valence-corrected chi connectivity index (χ0v) is 17.0. The Bertz CT molecular complexity index is 1160. The quantitative estimate of drug-likeness (QED) is 0.573. The fourth-order valence-electron chi connectivity index (χ4n) is 2.54. The summed E-state index contributed by atoms with van der Waals surface area (Å²) < 4.78 is 36.6. The summed E-state index contributed by atoms with van der Waals surface area (Å²) in [5, 5.41) is 6.02. The molecule has 0 aliphatic heterocycles. The van der Waals surface area contributed by atoms with Crippen LogP contribution in [0.3, 0.4) is 0 Å². The Morgan fingerprint density at radius 2 is 1.83 bits per heavy atom. The van der Waals surface area contributed by atoms with Gasteiger partial charge in [-0.1, -0.05) is 29.4 Å². The van der Waals surface area contributed by atoms with Crippen LogP contribution in [0.25, 0.3) is 0 Å². The van der Waals surface area contributed by atoms with Crippen molar-refractivity contribution >= 4 is 33.4 Å². The summed E-state index contributed by atoms with van der Waals surface area (Å²) in [7, 11) is -2.47. The van der Waals surface area contributed by atoms with Gasteiger partial charge in [0.25, 0.3) is 15.9 Å². The molecule has 3 rings (SSSR count). The average Bonchev–Trinajstić information content (AvgIpc) is 3.16. The normalized spacial score (nSPS) is 11.0. The lowest BCUT2D eigenvalue weighted by atomic mass is 10.2. The first-order valence-electron chi connectivity index (χ1n) is 8.82. The smallest absolute Gasteiger partial charge is 0.338 e. The molecule has 1 amide bonds. The van der Waals surface area contributed by atoms with E-state index in [-0.39, 0.29) is 16.3 Å². The molecule has 0 atom stereocenters. The number of rotatable bonds is 7. The number of ether oxygens (including phenoxy) is 1. The maximum absolute atomic E-state index is 12.9. The molecule has 9 nitrogen and oxygen atoms in total. The number of aryl methyl sites for hydroxylation is 1. The molecular weight excluding hydrogens is 410 g/mol. The van der Waals surface area contributed by atoms with Crippen LogP contribution >= 0.6 is 0 Å². The van der Waals surface area contributed by atoms with Gasteiger partial charge in [-0.05, 0) is 37.3 Å². The van der Waals surface area contributed by atoms with Crippen LogP contribution in [-0.4, -0.2) is 39.1 Å². The highest BCUT2D eigenvalue weighted by Gasteiger charge is 2.23. The highest BCUT2D eigenvalue weighted by atomic mass is 32.2. The topological polar surface area (TPSA) is 119 Å². The lowest BCUT2D eigenvalue weighted by Gasteiger charge is -2.19. The van der Waals surface area contributed by atoms with Crippen molar-refractivity contribution < 1.29 is 27.3 Å². The van der Waals surface area contributed by atoms with E-state index in [0.717, 1.165) is 4.31 Å². The standard InChI is InChI=1S/C20H19N3O6S/c1-14-11-18(22-29-14)21-19(24)13-28-20(25)15-7-6-10-17(12-15)30(26,27)23(2)16-8-4-3-5-9-16/h3-12H,13H2,1-2H3,(H,21,22,24). The molecule has 3 aromatic rings. The second kappa shape index (κ2) is 8.78. The van der Waals surface area contributed by atoms with Gasteiger partial charge in [0.2, 0.25) is 0 Å². The number of hydrogen-bond acceptors (Lipinski definition) is 7. The number of carbonyl (C=O) groups excluding carboxylic acids is 2. The predicted octanol–water partition coefficient (Wildman–Crippen LogP) is 2.60. The molecule has 1 aromatic heterocycles. The Labute approximate surface area is 173 Å². The van der Waals surface area contributed by atoms with Gasteiger partial charge >= 0.3 is 5.97 Å². The second-order valence-corrected chi connectivity index (χ2v) is 8.25. The fourth-order valence-corrected chi connectivity index (χ4v) is 3.78. The minimum atomic E-state index is -3.89. The minimum Gasteiger partial charge on any atom is -0.452 e. The Balaban J connectivity index is 1.68. The number of benzene rings is 2. The molecular formula is C20H19N3O6S. The Morgan fingerprint density at radius 3 is 2.50 bits per heavy atom. The van der Waals surface area contributed by atoms with Gasteiger partial charge in [-0.15, -0.1) is 0 Å². The molecule has 0 bridgehead atoms. The van der Waals surface area contributed by atoms with E-state index in [2.05, 4.69) is 10.5 Å². The molecule has 156 valence electrons. The largest absolute Gasteiger partial charge is 0.452 e. The molecule has 0 fully saturated rings. The molecule has 0 aliphatic rings. The summed E-state index contributed by atoms with van der Waals surface area (Å²) in [5.74, 6) is -0.725. The lowest BCUT2D eigenvalue weighted by molar-refractivity contribution is -0.119. The van der Waals surface area contributed by atoms with Crippen molar-refractivity contribution in [2.75, 3.05) is 23.3 Å². The number of aromatic nitrogens is 1. The van der Waals surface area contributed by atoms with Gasteiger partial charge in [0.1, 0.15) is 5.76 Å². The predicted molar refractivity (Wildman–Crippen MR) is 109 cm³/mol. The first-order chi connectivity index (χ1) is 14.3. The van der Waals surface area contributed by atoms with E-state index in [1.54, 1.807) is 37.3 Å². The second-order valence-electron chi connectivity index (χ2n) is 6.28. The van der Waals surface area contributed by atoms with Gasteiger partial charge in [-0.3, -0.25) is 9.10 Å². The van der Waals surface area contributed by atoms with Crippen LogP contribution < -0.4 is 9.62 Å². The Morgan fingerprint density at radius 1 is 1.10 bits per heavy atom. The summed E-state index contributed by atoms with van der Waals surface area (Å²) in [6, 6.07) is 15.5. The molecule has 10 heteroatoms. The molecule has 1 heterocycles. The molecule has 0 spiro atoms. The molecule has 30 heavy (non-hydrogen) atoms. The SMILES string of the molecule is Cc1cc(NC(=O)COC(=O)c2cccc(S(=O)(=O)N(C)c3ccccc3)c2)no1. The molecule has 0 aliphatic carbocycles. The number of amides is 1. The Hall–Kier alpha value is -3.66. The van der Waals surface area contributed by atoms with E-state index in [9.17, 15) is 18.0 Å². The average molecular weight is 429 g/mol. The third kappa shape index (κ3) is 4.84. The summed E-state index contributed by atoms with van der Waals surface area (Å²) in [6.07, 6.45) is 0. The van der Waals surface area contributed by atoms with Gasteiger partial charge < -0.3 is 14.6 Å². The summed E-state index contributed by atoms with van der Waals surface area (Å²) in [6.45, 7) is 1.10. The van der Waals surface area contributed by atoms with Crippen molar-refractivity contribution in [2.24, 2.45) is 0 Å². The molecule has 0 radical (unpaired) electrons. The van der Waals surface area contributed by atoms with Crippen LogP contribution in [-0.2, 0) is 19.6 Å². The van der Waals surface area contributed by atoms with E-state index in [4.69, 9.17) is 9.26 Å². The number of anilines is 2. The van der Waals surface area contributed by atoms with E-state index in [1.807, 2.05) is 0 Å². The maximum Gasteiger partial charge on any atom is 0.338 e. The van der Waals surface area contributed by atoms with Crippen LogP contribution in [0.4, 0.5) is 11.5 Å². The number of nitrogens with zero attached hydrogens (tertiary/aromatic N) is 2. The highest BCUT2D eigenvalue weighted by molar-refractivity contribution is 7.92. The number of carbonyl (C=O) groups is 2. The number of para-hydroxylation sites is 1. The van der Waals surface area contributed by atoms with Crippen molar-refractivity contribution in [3.63, 3.8) is 0 Å². The van der Waals surface area contributed by atoms with Gasteiger partial charge in [0, 0.05) is 13.1 Å². The molecule has 1 N–H and O–H groups in total. The Kier molecular flexibility index (Phi) is 6.17. The molecule has 2 aromatic carbocycles. The zero-order chi connectivity index (χ0) is 21.7. The van der Waals surface area contributed by atoms with Gasteiger partial charge in [-0.2, -0.15) is 0 Å². The third-order valence-electron chi connectivity index (χ3n) is 4.08. The minimum absolute atomic E-state index is 0.00242. The first kappa shape index (κ1) is 21.1. The molecule has 0 saturated heterocycles.